The minimum absolute atomic E-state index is 0.435. The van der Waals surface area contributed by atoms with Gasteiger partial charge in [-0.15, -0.1) is 0 Å². The fourth-order valence-electron chi connectivity index (χ4n) is 2.85. The molecule has 2 aliphatic carbocycles. The van der Waals surface area contributed by atoms with Gasteiger partial charge in [0.05, 0.1) is 0 Å². The SMILES string of the molecule is Cc1ccc2c(c1)C=C(SN(C(C)C)C1(C)CC1)C2. The molecule has 0 bridgehead atoms. The number of allylic oxidation sites excluding steroid dienone is 1. The first kappa shape index (κ1) is 13.3. The van der Waals surface area contributed by atoms with E-state index in [0.717, 1.165) is 6.42 Å². The smallest absolute Gasteiger partial charge is 0.0292 e. The molecule has 0 amide bonds. The zero-order valence-electron chi connectivity index (χ0n) is 12.4. The third kappa shape index (κ3) is 2.61. The summed E-state index contributed by atoms with van der Waals surface area (Å²) in [6.07, 6.45) is 6.18. The van der Waals surface area contributed by atoms with E-state index in [1.54, 1.807) is 0 Å². The van der Waals surface area contributed by atoms with E-state index in [4.69, 9.17) is 0 Å². The van der Waals surface area contributed by atoms with Crippen molar-refractivity contribution < 1.29 is 0 Å². The van der Waals surface area contributed by atoms with Crippen LogP contribution in [0.25, 0.3) is 6.08 Å². The molecule has 0 aliphatic heterocycles. The molecule has 0 unspecified atom stereocenters. The van der Waals surface area contributed by atoms with Crippen LogP contribution in [0, 0.1) is 6.92 Å². The first-order valence-corrected chi connectivity index (χ1v) is 8.03. The van der Waals surface area contributed by atoms with Crippen molar-refractivity contribution in [2.45, 2.75) is 58.5 Å². The highest BCUT2D eigenvalue weighted by atomic mass is 32.2. The van der Waals surface area contributed by atoms with E-state index in [2.05, 4.69) is 56.3 Å². The van der Waals surface area contributed by atoms with Gasteiger partial charge in [0.2, 0.25) is 0 Å². The van der Waals surface area contributed by atoms with Crippen molar-refractivity contribution in [1.29, 1.82) is 0 Å². The monoisotopic (exact) mass is 273 g/mol. The summed E-state index contributed by atoms with van der Waals surface area (Å²) in [7, 11) is 0. The average Bonchev–Trinajstić information content (AvgIpc) is 2.95. The van der Waals surface area contributed by atoms with Crippen molar-refractivity contribution in [3.8, 4) is 0 Å². The van der Waals surface area contributed by atoms with Crippen molar-refractivity contribution >= 4 is 18.0 Å². The van der Waals surface area contributed by atoms with Crippen molar-refractivity contribution in [3.63, 3.8) is 0 Å². The van der Waals surface area contributed by atoms with Crippen molar-refractivity contribution in [2.24, 2.45) is 0 Å². The van der Waals surface area contributed by atoms with Crippen LogP contribution >= 0.6 is 11.9 Å². The standard InChI is InChI=1S/C17H23NS/c1-12(2)18(17(4)7-8-17)19-16-10-14-6-5-13(3)9-15(14)11-16/h5-6,9,11-12H,7-8,10H2,1-4H3. The highest BCUT2D eigenvalue weighted by Crippen LogP contribution is 2.49. The Bertz CT molecular complexity index is 526. The number of hydrogen-bond acceptors (Lipinski definition) is 2. The number of rotatable bonds is 4. The Kier molecular flexibility index (Phi) is 3.26. The molecule has 0 N–H and O–H groups in total. The van der Waals surface area contributed by atoms with Gasteiger partial charge in [-0.2, -0.15) is 0 Å². The fraction of sp³-hybridized carbons (Fsp3) is 0.529. The largest absolute Gasteiger partial charge is 0.238 e. The zero-order chi connectivity index (χ0) is 13.6. The molecule has 1 nitrogen and oxygen atoms in total. The zero-order valence-corrected chi connectivity index (χ0v) is 13.2. The van der Waals surface area contributed by atoms with E-state index in [1.807, 2.05) is 11.9 Å². The van der Waals surface area contributed by atoms with Gasteiger partial charge in [0.15, 0.2) is 0 Å². The number of aryl methyl sites for hydroxylation is 1. The molecule has 1 aromatic carbocycles. The Morgan fingerprint density at radius 1 is 1.26 bits per heavy atom. The van der Waals surface area contributed by atoms with Gasteiger partial charge in [0.25, 0.3) is 0 Å². The first-order chi connectivity index (χ1) is 8.98. The first-order valence-electron chi connectivity index (χ1n) is 7.25. The summed E-state index contributed by atoms with van der Waals surface area (Å²) >= 11 is 1.99. The maximum Gasteiger partial charge on any atom is 0.0292 e. The molecule has 2 heteroatoms. The van der Waals surface area contributed by atoms with Crippen LogP contribution in [0.4, 0.5) is 0 Å². The Labute approximate surface area is 121 Å². The fourth-order valence-corrected chi connectivity index (χ4v) is 4.11. The predicted molar refractivity (Wildman–Crippen MR) is 85.1 cm³/mol. The Balaban J connectivity index is 1.77. The third-order valence-corrected chi connectivity index (χ3v) is 5.73. The lowest BCUT2D eigenvalue weighted by atomic mass is 10.1. The number of fused-ring (bicyclic) bond motifs is 1. The molecular formula is C17H23NS. The lowest BCUT2D eigenvalue weighted by Crippen LogP contribution is -2.34. The Hall–Kier alpha value is -0.730. The van der Waals surface area contributed by atoms with Crippen LogP contribution in [-0.4, -0.2) is 15.9 Å². The molecule has 0 spiro atoms. The molecule has 2 aliphatic rings. The van der Waals surface area contributed by atoms with E-state index in [0.29, 0.717) is 11.6 Å². The molecule has 0 saturated heterocycles. The van der Waals surface area contributed by atoms with Crippen LogP contribution < -0.4 is 0 Å². The van der Waals surface area contributed by atoms with Crippen LogP contribution in [0.3, 0.4) is 0 Å². The van der Waals surface area contributed by atoms with E-state index in [1.165, 1.54) is 34.4 Å². The molecule has 0 atom stereocenters. The lowest BCUT2D eigenvalue weighted by molar-refractivity contribution is 0.301. The van der Waals surface area contributed by atoms with Gasteiger partial charge in [-0.3, -0.25) is 0 Å². The molecule has 0 aromatic heterocycles. The molecule has 3 rings (SSSR count). The van der Waals surface area contributed by atoms with Crippen molar-refractivity contribution in [1.82, 2.24) is 4.31 Å². The van der Waals surface area contributed by atoms with Gasteiger partial charge in [0.1, 0.15) is 0 Å². The van der Waals surface area contributed by atoms with Crippen LogP contribution in [0.5, 0.6) is 0 Å². The average molecular weight is 273 g/mol. The second kappa shape index (κ2) is 4.68. The normalized spacial score (nSPS) is 19.8. The number of benzene rings is 1. The molecule has 1 saturated carbocycles. The summed E-state index contributed by atoms with van der Waals surface area (Å²) in [5.41, 5.74) is 4.70. The number of nitrogens with zero attached hydrogens (tertiary/aromatic N) is 1. The molecular weight excluding hydrogens is 250 g/mol. The Morgan fingerprint density at radius 2 is 2.00 bits per heavy atom. The van der Waals surface area contributed by atoms with Gasteiger partial charge in [-0.05, 0) is 69.7 Å². The van der Waals surface area contributed by atoms with Gasteiger partial charge in [-0.1, -0.05) is 23.8 Å². The molecule has 1 aromatic rings. The van der Waals surface area contributed by atoms with Gasteiger partial charge in [0, 0.05) is 22.9 Å². The highest BCUT2D eigenvalue weighted by molar-refractivity contribution is 8.01. The summed E-state index contributed by atoms with van der Waals surface area (Å²) in [5.74, 6) is 0. The molecule has 102 valence electrons. The maximum atomic E-state index is 2.61. The third-order valence-electron chi connectivity index (χ3n) is 4.17. The molecule has 1 fully saturated rings. The number of hydrogen-bond donors (Lipinski definition) is 0. The van der Waals surface area contributed by atoms with Crippen LogP contribution in [0.15, 0.2) is 23.1 Å². The van der Waals surface area contributed by atoms with E-state index in [-0.39, 0.29) is 0 Å². The van der Waals surface area contributed by atoms with E-state index >= 15 is 0 Å². The van der Waals surface area contributed by atoms with Crippen LogP contribution in [0.2, 0.25) is 0 Å². The quantitative estimate of drug-likeness (QED) is 0.725. The second-order valence-corrected chi connectivity index (χ2v) is 7.60. The van der Waals surface area contributed by atoms with Crippen LogP contribution in [0.1, 0.15) is 50.3 Å². The van der Waals surface area contributed by atoms with E-state index < -0.39 is 0 Å². The topological polar surface area (TPSA) is 3.24 Å². The second-order valence-electron chi connectivity index (χ2n) is 6.50. The van der Waals surface area contributed by atoms with Gasteiger partial charge in [-0.25, -0.2) is 4.31 Å². The summed E-state index contributed by atoms with van der Waals surface area (Å²) < 4.78 is 2.61. The van der Waals surface area contributed by atoms with Crippen LogP contribution in [-0.2, 0) is 6.42 Å². The minimum Gasteiger partial charge on any atom is -0.238 e. The van der Waals surface area contributed by atoms with Crippen molar-refractivity contribution in [2.75, 3.05) is 0 Å². The summed E-state index contributed by atoms with van der Waals surface area (Å²) in [6.45, 7) is 9.18. The molecule has 0 radical (unpaired) electrons. The lowest BCUT2D eigenvalue weighted by Gasteiger charge is -2.31. The van der Waals surface area contributed by atoms with Gasteiger partial charge < -0.3 is 0 Å². The maximum absolute atomic E-state index is 2.61. The Morgan fingerprint density at radius 3 is 2.63 bits per heavy atom. The summed E-state index contributed by atoms with van der Waals surface area (Å²) in [6, 6.07) is 7.42. The molecule has 19 heavy (non-hydrogen) atoms. The van der Waals surface area contributed by atoms with Crippen molar-refractivity contribution in [3.05, 3.63) is 39.8 Å². The summed E-state index contributed by atoms with van der Waals surface area (Å²) in [5, 5.41) is 0. The molecule has 0 heterocycles. The minimum atomic E-state index is 0.435. The van der Waals surface area contributed by atoms with Gasteiger partial charge >= 0.3 is 0 Å². The predicted octanol–water partition coefficient (Wildman–Crippen LogP) is 4.80. The highest BCUT2D eigenvalue weighted by Gasteiger charge is 2.45. The van der Waals surface area contributed by atoms with E-state index in [9.17, 15) is 0 Å². The summed E-state index contributed by atoms with van der Waals surface area (Å²) in [4.78, 5) is 1.50.